The maximum Gasteiger partial charge on any atom is 0.327 e. The van der Waals surface area contributed by atoms with Gasteiger partial charge in [0.15, 0.2) is 17.5 Å². The van der Waals surface area contributed by atoms with E-state index in [0.717, 1.165) is 9.93 Å². The van der Waals surface area contributed by atoms with Crippen molar-refractivity contribution in [1.29, 1.82) is 0 Å². The van der Waals surface area contributed by atoms with Crippen LogP contribution in [0.4, 0.5) is 5.13 Å². The zero-order valence-electron chi connectivity index (χ0n) is 16.3. The maximum atomic E-state index is 12.6. The molecule has 0 saturated carbocycles. The number of fused-ring (bicyclic) bond motifs is 1. The van der Waals surface area contributed by atoms with E-state index in [-0.39, 0.29) is 30.1 Å². The molecule has 31 heavy (non-hydrogen) atoms. The zero-order chi connectivity index (χ0) is 21.6. The van der Waals surface area contributed by atoms with Crippen molar-refractivity contribution in [2.45, 2.75) is 31.4 Å². The quantitative estimate of drug-likeness (QED) is 0.611. The first-order valence-corrected chi connectivity index (χ1v) is 10.5. The molecule has 1 saturated heterocycles. The van der Waals surface area contributed by atoms with Crippen molar-refractivity contribution < 1.29 is 24.5 Å². The topological polar surface area (TPSA) is 144 Å². The van der Waals surface area contributed by atoms with Crippen LogP contribution in [0.1, 0.15) is 29.6 Å². The SMILES string of the molecule is O=C(O)Cn1nnc(-c2cnc(N3CCC4(CC3)CC(=O)c3c(O)cccc3O4)s2)n1. The minimum absolute atomic E-state index is 0.0426. The maximum absolute atomic E-state index is 12.6. The summed E-state index contributed by atoms with van der Waals surface area (Å²) in [6.07, 6.45) is 3.18. The second kappa shape index (κ2) is 7.30. The number of ether oxygens (including phenoxy) is 1. The van der Waals surface area contributed by atoms with Crippen LogP contribution < -0.4 is 9.64 Å². The number of rotatable bonds is 4. The number of phenols is 1. The van der Waals surface area contributed by atoms with Crippen LogP contribution in [0.25, 0.3) is 10.7 Å². The molecule has 160 valence electrons. The summed E-state index contributed by atoms with van der Waals surface area (Å²) in [4.78, 5) is 31.7. The summed E-state index contributed by atoms with van der Waals surface area (Å²) in [5.74, 6) is -0.413. The molecule has 0 radical (unpaired) electrons. The van der Waals surface area contributed by atoms with Gasteiger partial charge in [-0.25, -0.2) is 4.98 Å². The second-order valence-electron chi connectivity index (χ2n) is 7.57. The molecule has 0 amide bonds. The number of carbonyl (C=O) groups excluding carboxylic acids is 1. The number of aliphatic carboxylic acids is 1. The Morgan fingerprint density at radius 2 is 2.10 bits per heavy atom. The summed E-state index contributed by atoms with van der Waals surface area (Å²) in [5.41, 5.74) is -0.307. The van der Waals surface area contributed by atoms with Crippen LogP contribution in [0.5, 0.6) is 11.5 Å². The first kappa shape index (κ1) is 19.4. The number of aromatic nitrogens is 5. The van der Waals surface area contributed by atoms with E-state index in [0.29, 0.717) is 42.4 Å². The number of benzene rings is 1. The highest BCUT2D eigenvalue weighted by Gasteiger charge is 2.44. The Morgan fingerprint density at radius 1 is 1.29 bits per heavy atom. The van der Waals surface area contributed by atoms with E-state index in [1.807, 2.05) is 0 Å². The average molecular weight is 442 g/mol. The first-order chi connectivity index (χ1) is 14.9. The van der Waals surface area contributed by atoms with Gasteiger partial charge in [-0.3, -0.25) is 9.59 Å². The summed E-state index contributed by atoms with van der Waals surface area (Å²) in [7, 11) is 0. The van der Waals surface area contributed by atoms with E-state index in [9.17, 15) is 14.7 Å². The number of tetrazole rings is 1. The zero-order valence-corrected chi connectivity index (χ0v) is 17.1. The van der Waals surface area contributed by atoms with E-state index >= 15 is 0 Å². The van der Waals surface area contributed by atoms with Crippen LogP contribution in [0.2, 0.25) is 0 Å². The van der Waals surface area contributed by atoms with Crippen LogP contribution in [0, 0.1) is 0 Å². The Hall–Kier alpha value is -3.54. The number of phenolic OH excluding ortho intramolecular Hbond substituents is 1. The number of hydrogen-bond donors (Lipinski definition) is 2. The Morgan fingerprint density at radius 3 is 2.87 bits per heavy atom. The largest absolute Gasteiger partial charge is 0.507 e. The van der Waals surface area contributed by atoms with Gasteiger partial charge in [-0.05, 0) is 17.3 Å². The number of ketones is 1. The van der Waals surface area contributed by atoms with E-state index in [2.05, 4.69) is 25.3 Å². The lowest BCUT2D eigenvalue weighted by Crippen LogP contribution is -2.51. The van der Waals surface area contributed by atoms with Crippen molar-refractivity contribution in [1.82, 2.24) is 25.2 Å². The number of carboxylic acids is 1. The molecule has 0 atom stereocenters. The van der Waals surface area contributed by atoms with Gasteiger partial charge in [-0.2, -0.15) is 4.80 Å². The van der Waals surface area contributed by atoms with Crippen LogP contribution in [-0.2, 0) is 11.3 Å². The molecule has 0 bridgehead atoms. The summed E-state index contributed by atoms with van der Waals surface area (Å²) in [5, 5.41) is 31.3. The molecule has 4 heterocycles. The number of anilines is 1. The molecule has 0 aliphatic carbocycles. The Bertz CT molecular complexity index is 1170. The minimum Gasteiger partial charge on any atom is -0.507 e. The summed E-state index contributed by atoms with van der Waals surface area (Å²) >= 11 is 1.40. The molecular formula is C19H18N6O5S. The molecule has 5 rings (SSSR count). The standard InChI is InChI=1S/C19H18N6O5S/c26-11-2-1-3-13-16(11)12(27)8-19(30-13)4-6-24(7-5-19)18-20-9-14(31-18)17-21-23-25(22-17)10-15(28)29/h1-3,9,26H,4-8,10H2,(H,28,29). The third kappa shape index (κ3) is 3.58. The van der Waals surface area contributed by atoms with Crippen LogP contribution >= 0.6 is 11.3 Å². The average Bonchev–Trinajstić information content (AvgIpc) is 3.37. The normalized spacial score (nSPS) is 17.4. The van der Waals surface area contributed by atoms with Gasteiger partial charge < -0.3 is 19.8 Å². The van der Waals surface area contributed by atoms with Crippen molar-refractivity contribution in [2.24, 2.45) is 0 Å². The number of carboxylic acid groups (broad SMARTS) is 1. The molecule has 12 heteroatoms. The lowest BCUT2D eigenvalue weighted by Gasteiger charge is -2.43. The lowest BCUT2D eigenvalue weighted by molar-refractivity contribution is -0.138. The van der Waals surface area contributed by atoms with Crippen molar-refractivity contribution in [2.75, 3.05) is 18.0 Å². The Kier molecular flexibility index (Phi) is 4.58. The smallest absolute Gasteiger partial charge is 0.327 e. The molecule has 11 nitrogen and oxygen atoms in total. The molecule has 3 aromatic rings. The number of aromatic hydroxyl groups is 1. The van der Waals surface area contributed by atoms with Crippen molar-refractivity contribution in [3.05, 3.63) is 30.0 Å². The highest BCUT2D eigenvalue weighted by Crippen LogP contribution is 2.43. The first-order valence-electron chi connectivity index (χ1n) is 9.67. The van der Waals surface area contributed by atoms with Gasteiger partial charge in [0.1, 0.15) is 22.7 Å². The van der Waals surface area contributed by atoms with Gasteiger partial charge in [0.25, 0.3) is 0 Å². The lowest BCUT2D eigenvalue weighted by atomic mass is 9.82. The number of nitrogens with zero attached hydrogens (tertiary/aromatic N) is 6. The number of hydrogen-bond acceptors (Lipinski definition) is 10. The van der Waals surface area contributed by atoms with Crippen molar-refractivity contribution in [3.8, 4) is 22.2 Å². The van der Waals surface area contributed by atoms with Crippen molar-refractivity contribution in [3.63, 3.8) is 0 Å². The number of Topliss-reactive ketones (excluding diaryl/α,β-unsaturated/α-hetero) is 1. The van der Waals surface area contributed by atoms with Gasteiger partial charge in [-0.15, -0.1) is 10.2 Å². The second-order valence-corrected chi connectivity index (χ2v) is 8.58. The van der Waals surface area contributed by atoms with Gasteiger partial charge in [-0.1, -0.05) is 17.4 Å². The summed E-state index contributed by atoms with van der Waals surface area (Å²) in [6, 6.07) is 4.89. The van der Waals surface area contributed by atoms with Crippen LogP contribution in [0.3, 0.4) is 0 Å². The monoisotopic (exact) mass is 442 g/mol. The third-order valence-electron chi connectivity index (χ3n) is 5.48. The molecule has 2 N–H and O–H groups in total. The fourth-order valence-electron chi connectivity index (χ4n) is 3.96. The van der Waals surface area contributed by atoms with Gasteiger partial charge in [0, 0.05) is 25.9 Å². The van der Waals surface area contributed by atoms with Crippen LogP contribution in [0.15, 0.2) is 24.4 Å². The summed E-state index contributed by atoms with van der Waals surface area (Å²) in [6.45, 7) is 0.966. The number of carbonyl (C=O) groups is 2. The molecule has 2 aliphatic heterocycles. The highest BCUT2D eigenvalue weighted by molar-refractivity contribution is 7.18. The number of piperidine rings is 1. The molecule has 1 spiro atoms. The molecule has 2 aliphatic rings. The highest BCUT2D eigenvalue weighted by atomic mass is 32.1. The Labute approximate surface area is 179 Å². The predicted molar refractivity (Wildman–Crippen MR) is 108 cm³/mol. The van der Waals surface area contributed by atoms with E-state index in [4.69, 9.17) is 9.84 Å². The molecule has 1 fully saturated rings. The molecule has 1 aromatic carbocycles. The summed E-state index contributed by atoms with van der Waals surface area (Å²) < 4.78 is 6.20. The Balaban J connectivity index is 1.28. The minimum atomic E-state index is -1.04. The van der Waals surface area contributed by atoms with Crippen molar-refractivity contribution >= 4 is 28.2 Å². The van der Waals surface area contributed by atoms with Gasteiger partial charge >= 0.3 is 5.97 Å². The number of thiazole rings is 1. The van der Waals surface area contributed by atoms with Crippen LogP contribution in [-0.4, -0.2) is 65.8 Å². The van der Waals surface area contributed by atoms with Gasteiger partial charge in [0.2, 0.25) is 5.82 Å². The molecule has 0 unspecified atom stereocenters. The third-order valence-corrected chi connectivity index (χ3v) is 6.53. The van der Waals surface area contributed by atoms with E-state index in [1.54, 1.807) is 18.3 Å². The van der Waals surface area contributed by atoms with E-state index < -0.39 is 11.6 Å². The fourth-order valence-corrected chi connectivity index (χ4v) is 4.86. The molecular weight excluding hydrogens is 424 g/mol. The predicted octanol–water partition coefficient (Wildman–Crippen LogP) is 1.59. The fraction of sp³-hybridized carbons (Fsp3) is 0.368. The molecule has 2 aromatic heterocycles. The van der Waals surface area contributed by atoms with E-state index in [1.165, 1.54) is 17.4 Å². The van der Waals surface area contributed by atoms with Gasteiger partial charge in [0.05, 0.1) is 17.5 Å².